The maximum absolute atomic E-state index is 12.4. The molecule has 27 heavy (non-hydrogen) atoms. The molecule has 0 aliphatic carbocycles. The van der Waals surface area contributed by atoms with E-state index in [0.717, 1.165) is 56.6 Å². The Morgan fingerprint density at radius 1 is 1.41 bits per heavy atom. The number of hydrogen-bond acceptors (Lipinski definition) is 4. The van der Waals surface area contributed by atoms with Crippen LogP contribution in [0.1, 0.15) is 37.4 Å². The number of rotatable bonds is 8. The molecule has 0 aromatic carbocycles. The number of piperidine rings is 1. The number of aryl methyl sites for hydroxylation is 1. The van der Waals surface area contributed by atoms with Gasteiger partial charge < -0.3 is 20.9 Å². The van der Waals surface area contributed by atoms with Crippen LogP contribution < -0.4 is 11.1 Å². The molecule has 2 heterocycles. The minimum atomic E-state index is -0.181. The molecule has 0 radical (unpaired) electrons. The summed E-state index contributed by atoms with van der Waals surface area (Å²) in [6.45, 7) is 7.47. The van der Waals surface area contributed by atoms with Gasteiger partial charge in [0.25, 0.3) is 0 Å². The third-order valence-electron chi connectivity index (χ3n) is 5.51. The molecule has 1 aromatic rings. The third-order valence-corrected chi connectivity index (χ3v) is 5.51. The standard InChI is InChI=1S/C20H33N5O2/c1-15-6-4-9-22-18(15)14-16(2)24(3)20(27)23-10-5-11-25-12-7-17(8-13-25)19(21)26/h4,6,9,16-17H,5,7-8,10-14H2,1-3H3,(H2,21,26)(H,23,27)/t16-/m0/s1. The number of carbonyl (C=O) groups excluding carboxylic acids is 2. The predicted octanol–water partition coefficient (Wildman–Crippen LogP) is 1.55. The Morgan fingerprint density at radius 3 is 2.74 bits per heavy atom. The molecule has 150 valence electrons. The second-order valence-corrected chi connectivity index (χ2v) is 7.53. The zero-order valence-electron chi connectivity index (χ0n) is 16.8. The first-order chi connectivity index (χ1) is 12.9. The van der Waals surface area contributed by atoms with Gasteiger partial charge in [-0.25, -0.2) is 4.79 Å². The van der Waals surface area contributed by atoms with E-state index in [1.54, 1.807) is 11.1 Å². The number of hydrogen-bond donors (Lipinski definition) is 2. The number of aromatic nitrogens is 1. The lowest BCUT2D eigenvalue weighted by Gasteiger charge is -2.30. The first kappa shape index (κ1) is 21.2. The van der Waals surface area contributed by atoms with Crippen LogP contribution in [0.4, 0.5) is 4.79 Å². The van der Waals surface area contributed by atoms with Gasteiger partial charge in [0.15, 0.2) is 0 Å². The lowest BCUT2D eigenvalue weighted by Crippen LogP contribution is -2.44. The number of likely N-dealkylation sites (tertiary alicyclic amines) is 1. The SMILES string of the molecule is Cc1cccnc1C[C@H](C)N(C)C(=O)NCCCN1CCC(C(N)=O)CC1. The summed E-state index contributed by atoms with van der Waals surface area (Å²) >= 11 is 0. The van der Waals surface area contributed by atoms with Crippen molar-refractivity contribution >= 4 is 11.9 Å². The van der Waals surface area contributed by atoms with E-state index in [1.165, 1.54) is 0 Å². The second kappa shape index (κ2) is 10.3. The number of likely N-dealkylation sites (N-methyl/N-ethyl adjacent to an activating group) is 1. The highest BCUT2D eigenvalue weighted by Gasteiger charge is 2.22. The summed E-state index contributed by atoms with van der Waals surface area (Å²) in [5, 5.41) is 3.00. The summed E-state index contributed by atoms with van der Waals surface area (Å²) < 4.78 is 0. The zero-order chi connectivity index (χ0) is 19.8. The molecule has 0 saturated carbocycles. The van der Waals surface area contributed by atoms with E-state index in [4.69, 9.17) is 5.73 Å². The molecule has 3 N–H and O–H groups in total. The molecule has 7 nitrogen and oxygen atoms in total. The Hall–Kier alpha value is -2.15. The normalized spacial score (nSPS) is 16.7. The number of amides is 3. The van der Waals surface area contributed by atoms with Gasteiger partial charge in [0.2, 0.25) is 5.91 Å². The number of nitrogens with one attached hydrogen (secondary N) is 1. The van der Waals surface area contributed by atoms with Gasteiger partial charge >= 0.3 is 6.03 Å². The molecule has 2 rings (SSSR count). The Kier molecular flexibility index (Phi) is 8.03. The fraction of sp³-hybridized carbons (Fsp3) is 0.650. The molecule has 1 aliphatic rings. The second-order valence-electron chi connectivity index (χ2n) is 7.53. The Labute approximate surface area is 162 Å². The largest absolute Gasteiger partial charge is 0.369 e. The van der Waals surface area contributed by atoms with Gasteiger partial charge in [0.1, 0.15) is 0 Å². The molecule has 0 unspecified atom stereocenters. The molecule has 1 fully saturated rings. The van der Waals surface area contributed by atoms with Gasteiger partial charge in [-0.3, -0.25) is 9.78 Å². The number of primary amides is 1. The van der Waals surface area contributed by atoms with Crippen LogP contribution in [0.15, 0.2) is 18.3 Å². The Bertz CT molecular complexity index is 629. The van der Waals surface area contributed by atoms with Crippen molar-refractivity contribution in [2.24, 2.45) is 11.7 Å². The quantitative estimate of drug-likeness (QED) is 0.675. The van der Waals surface area contributed by atoms with E-state index in [-0.39, 0.29) is 23.9 Å². The maximum Gasteiger partial charge on any atom is 0.317 e. The number of urea groups is 1. The van der Waals surface area contributed by atoms with Crippen LogP contribution in [0.2, 0.25) is 0 Å². The van der Waals surface area contributed by atoms with Gasteiger partial charge in [-0.2, -0.15) is 0 Å². The van der Waals surface area contributed by atoms with Gasteiger partial charge in [-0.1, -0.05) is 6.07 Å². The molecular formula is C20H33N5O2. The highest BCUT2D eigenvalue weighted by atomic mass is 16.2. The van der Waals surface area contributed by atoms with E-state index in [9.17, 15) is 9.59 Å². The first-order valence-corrected chi connectivity index (χ1v) is 9.81. The van der Waals surface area contributed by atoms with Gasteiger partial charge in [0, 0.05) is 43.9 Å². The van der Waals surface area contributed by atoms with Crippen LogP contribution in [0.3, 0.4) is 0 Å². The van der Waals surface area contributed by atoms with Crippen LogP contribution in [0.25, 0.3) is 0 Å². The average Bonchev–Trinajstić information content (AvgIpc) is 2.66. The zero-order valence-corrected chi connectivity index (χ0v) is 16.8. The lowest BCUT2D eigenvalue weighted by atomic mass is 9.96. The number of nitrogens with two attached hydrogens (primary N) is 1. The fourth-order valence-corrected chi connectivity index (χ4v) is 3.41. The highest BCUT2D eigenvalue weighted by Crippen LogP contribution is 2.16. The lowest BCUT2D eigenvalue weighted by molar-refractivity contribution is -0.123. The summed E-state index contributed by atoms with van der Waals surface area (Å²) in [6.07, 6.45) is 5.12. The van der Waals surface area contributed by atoms with Crippen molar-refractivity contribution in [3.8, 4) is 0 Å². The number of pyridine rings is 1. The molecule has 3 amide bonds. The van der Waals surface area contributed by atoms with Gasteiger partial charge in [-0.05, 0) is 64.4 Å². The maximum atomic E-state index is 12.4. The summed E-state index contributed by atoms with van der Waals surface area (Å²) in [6, 6.07) is 3.99. The molecule has 1 aliphatic heterocycles. The van der Waals surface area contributed by atoms with Crippen molar-refractivity contribution in [2.45, 2.75) is 45.6 Å². The van der Waals surface area contributed by atoms with Crippen molar-refractivity contribution in [3.63, 3.8) is 0 Å². The molecule has 0 spiro atoms. The highest BCUT2D eigenvalue weighted by molar-refractivity contribution is 5.76. The minimum Gasteiger partial charge on any atom is -0.369 e. The summed E-state index contributed by atoms with van der Waals surface area (Å²) in [5.74, 6) is -0.154. The van der Waals surface area contributed by atoms with Crippen LogP contribution in [-0.2, 0) is 11.2 Å². The van der Waals surface area contributed by atoms with E-state index in [1.807, 2.05) is 33.0 Å². The molecule has 1 saturated heterocycles. The predicted molar refractivity (Wildman–Crippen MR) is 106 cm³/mol. The van der Waals surface area contributed by atoms with Crippen molar-refractivity contribution in [2.75, 3.05) is 33.2 Å². The van der Waals surface area contributed by atoms with Gasteiger partial charge in [-0.15, -0.1) is 0 Å². The summed E-state index contributed by atoms with van der Waals surface area (Å²) in [7, 11) is 1.83. The number of nitrogens with zero attached hydrogens (tertiary/aromatic N) is 3. The van der Waals surface area contributed by atoms with E-state index >= 15 is 0 Å². The topological polar surface area (TPSA) is 91.6 Å². The van der Waals surface area contributed by atoms with Crippen molar-refractivity contribution in [1.29, 1.82) is 0 Å². The average molecular weight is 376 g/mol. The van der Waals surface area contributed by atoms with Gasteiger partial charge in [0.05, 0.1) is 0 Å². The van der Waals surface area contributed by atoms with Crippen molar-refractivity contribution < 1.29 is 9.59 Å². The molecule has 1 atom stereocenters. The Balaban J connectivity index is 1.65. The minimum absolute atomic E-state index is 0.0267. The van der Waals surface area contributed by atoms with Crippen LogP contribution in [-0.4, -0.2) is 66.0 Å². The van der Waals surface area contributed by atoms with E-state index in [2.05, 4.69) is 15.2 Å². The summed E-state index contributed by atoms with van der Waals surface area (Å²) in [5.41, 5.74) is 7.55. The molecule has 7 heteroatoms. The molecule has 0 bridgehead atoms. The van der Waals surface area contributed by atoms with Crippen LogP contribution in [0, 0.1) is 12.8 Å². The smallest absolute Gasteiger partial charge is 0.317 e. The molecule has 1 aromatic heterocycles. The monoisotopic (exact) mass is 375 g/mol. The van der Waals surface area contributed by atoms with E-state index < -0.39 is 0 Å². The van der Waals surface area contributed by atoms with Crippen LogP contribution >= 0.6 is 0 Å². The Morgan fingerprint density at radius 2 is 2.11 bits per heavy atom. The molecular weight excluding hydrogens is 342 g/mol. The number of carbonyl (C=O) groups is 2. The summed E-state index contributed by atoms with van der Waals surface area (Å²) in [4.78, 5) is 32.0. The third kappa shape index (κ3) is 6.50. The first-order valence-electron chi connectivity index (χ1n) is 9.81. The van der Waals surface area contributed by atoms with Crippen molar-refractivity contribution in [1.82, 2.24) is 20.1 Å². The van der Waals surface area contributed by atoms with Crippen molar-refractivity contribution in [3.05, 3.63) is 29.6 Å². The fourth-order valence-electron chi connectivity index (χ4n) is 3.41. The van der Waals surface area contributed by atoms with Crippen LogP contribution in [0.5, 0.6) is 0 Å². The van der Waals surface area contributed by atoms with E-state index in [0.29, 0.717) is 6.54 Å².